The molecule has 28 heavy (non-hydrogen) atoms. The zero-order valence-electron chi connectivity index (χ0n) is 15.2. The summed E-state index contributed by atoms with van der Waals surface area (Å²) in [7, 11) is -3.64. The van der Waals surface area contributed by atoms with Crippen molar-refractivity contribution in [2.24, 2.45) is 0 Å². The van der Waals surface area contributed by atoms with Gasteiger partial charge in [0, 0.05) is 17.8 Å². The second-order valence-electron chi connectivity index (χ2n) is 6.01. The van der Waals surface area contributed by atoms with E-state index in [0.717, 1.165) is 11.3 Å². The highest BCUT2D eigenvalue weighted by atomic mass is 32.2. The molecule has 0 atom stereocenters. The molecule has 0 fully saturated rings. The molecule has 0 bridgehead atoms. The van der Waals surface area contributed by atoms with Crippen LogP contribution in [-0.2, 0) is 16.6 Å². The average molecular weight is 398 g/mol. The predicted molar refractivity (Wildman–Crippen MR) is 109 cm³/mol. The second-order valence-corrected chi connectivity index (χ2v) is 7.78. The van der Waals surface area contributed by atoms with E-state index in [2.05, 4.69) is 4.72 Å². The number of ether oxygens (including phenoxy) is 2. The molecule has 0 spiro atoms. The number of para-hydroxylation sites is 2. The zero-order valence-corrected chi connectivity index (χ0v) is 16.1. The van der Waals surface area contributed by atoms with Gasteiger partial charge in [0.25, 0.3) is 0 Å². The molecular weight excluding hydrogens is 376 g/mol. The maximum absolute atomic E-state index is 12.4. The van der Waals surface area contributed by atoms with Crippen molar-refractivity contribution in [1.82, 2.24) is 4.72 Å². The van der Waals surface area contributed by atoms with Gasteiger partial charge in [0.2, 0.25) is 10.0 Å². The Morgan fingerprint density at radius 3 is 2.18 bits per heavy atom. The van der Waals surface area contributed by atoms with Gasteiger partial charge in [0.1, 0.15) is 24.7 Å². The van der Waals surface area contributed by atoms with Gasteiger partial charge in [-0.3, -0.25) is 0 Å². The Balaban J connectivity index is 1.56. The van der Waals surface area contributed by atoms with Gasteiger partial charge >= 0.3 is 0 Å². The maximum atomic E-state index is 12.4. The van der Waals surface area contributed by atoms with Crippen molar-refractivity contribution in [1.29, 1.82) is 0 Å². The van der Waals surface area contributed by atoms with Crippen LogP contribution in [0.2, 0.25) is 0 Å². The van der Waals surface area contributed by atoms with Crippen LogP contribution >= 0.6 is 0 Å². The molecule has 0 unspecified atom stereocenters. The van der Waals surface area contributed by atoms with Crippen molar-refractivity contribution in [3.8, 4) is 11.5 Å². The standard InChI is InChI=1S/C21H22N2O4S/c22-18-10-12-20(13-11-18)28(24,25)23-16-17-6-4-5-9-21(17)27-15-14-26-19-7-2-1-3-8-19/h1-13,23H,14-16,22H2. The van der Waals surface area contributed by atoms with E-state index in [1.54, 1.807) is 18.2 Å². The number of sulfonamides is 1. The van der Waals surface area contributed by atoms with E-state index in [1.165, 1.54) is 12.1 Å². The van der Waals surface area contributed by atoms with Gasteiger partial charge in [-0.05, 0) is 42.5 Å². The summed E-state index contributed by atoms with van der Waals surface area (Å²) in [6, 6.07) is 22.8. The van der Waals surface area contributed by atoms with Crippen LogP contribution < -0.4 is 19.9 Å². The Morgan fingerprint density at radius 1 is 0.786 bits per heavy atom. The fourth-order valence-corrected chi connectivity index (χ4v) is 3.53. The van der Waals surface area contributed by atoms with E-state index in [4.69, 9.17) is 15.2 Å². The van der Waals surface area contributed by atoms with Crippen LogP contribution in [0.5, 0.6) is 11.5 Å². The summed E-state index contributed by atoms with van der Waals surface area (Å²) in [5.41, 5.74) is 6.85. The van der Waals surface area contributed by atoms with Crippen molar-refractivity contribution >= 4 is 15.7 Å². The highest BCUT2D eigenvalue weighted by Gasteiger charge is 2.14. The highest BCUT2D eigenvalue weighted by molar-refractivity contribution is 7.89. The molecular formula is C21H22N2O4S. The number of anilines is 1. The van der Waals surface area contributed by atoms with Gasteiger partial charge in [0.05, 0.1) is 4.90 Å². The summed E-state index contributed by atoms with van der Waals surface area (Å²) < 4.78 is 38.8. The monoisotopic (exact) mass is 398 g/mol. The van der Waals surface area contributed by atoms with E-state index in [9.17, 15) is 8.42 Å². The van der Waals surface area contributed by atoms with E-state index >= 15 is 0 Å². The predicted octanol–water partition coefficient (Wildman–Crippen LogP) is 3.21. The van der Waals surface area contributed by atoms with Crippen LogP contribution in [0.15, 0.2) is 83.8 Å². The van der Waals surface area contributed by atoms with Gasteiger partial charge < -0.3 is 15.2 Å². The summed E-state index contributed by atoms with van der Waals surface area (Å²) in [4.78, 5) is 0.163. The molecule has 0 saturated carbocycles. The number of nitrogen functional groups attached to an aromatic ring is 1. The van der Waals surface area contributed by atoms with Gasteiger partial charge in [-0.15, -0.1) is 0 Å². The van der Waals surface area contributed by atoms with Gasteiger partial charge in [-0.2, -0.15) is 0 Å². The van der Waals surface area contributed by atoms with E-state index < -0.39 is 10.0 Å². The first kappa shape index (κ1) is 19.7. The third-order valence-corrected chi connectivity index (χ3v) is 5.39. The molecule has 3 aromatic rings. The lowest BCUT2D eigenvalue weighted by Gasteiger charge is -2.13. The zero-order chi connectivity index (χ0) is 19.8. The largest absolute Gasteiger partial charge is 0.490 e. The molecule has 3 aromatic carbocycles. The third kappa shape index (κ3) is 5.48. The van der Waals surface area contributed by atoms with E-state index in [1.807, 2.05) is 48.5 Å². The number of benzene rings is 3. The van der Waals surface area contributed by atoms with Crippen LogP contribution in [0.4, 0.5) is 5.69 Å². The van der Waals surface area contributed by atoms with Crippen molar-refractivity contribution < 1.29 is 17.9 Å². The second kappa shape index (κ2) is 9.25. The Bertz CT molecular complexity index is 990. The van der Waals surface area contributed by atoms with Crippen molar-refractivity contribution in [3.05, 3.63) is 84.4 Å². The topological polar surface area (TPSA) is 90.7 Å². The fourth-order valence-electron chi connectivity index (χ4n) is 2.52. The fraction of sp³-hybridized carbons (Fsp3) is 0.143. The molecule has 0 aliphatic carbocycles. The minimum absolute atomic E-state index is 0.114. The minimum Gasteiger partial charge on any atom is -0.490 e. The number of rotatable bonds is 9. The van der Waals surface area contributed by atoms with Gasteiger partial charge in [0.15, 0.2) is 0 Å². The van der Waals surface area contributed by atoms with Crippen molar-refractivity contribution in [3.63, 3.8) is 0 Å². The summed E-state index contributed by atoms with van der Waals surface area (Å²) in [6.45, 7) is 0.842. The molecule has 0 aliphatic heterocycles. The Morgan fingerprint density at radius 2 is 1.43 bits per heavy atom. The lowest BCUT2D eigenvalue weighted by atomic mass is 10.2. The lowest BCUT2D eigenvalue weighted by Crippen LogP contribution is -2.23. The van der Waals surface area contributed by atoms with Gasteiger partial charge in [-0.25, -0.2) is 13.1 Å². The SMILES string of the molecule is Nc1ccc(S(=O)(=O)NCc2ccccc2OCCOc2ccccc2)cc1. The number of nitrogens with two attached hydrogens (primary N) is 1. The normalized spacial score (nSPS) is 11.1. The van der Waals surface area contributed by atoms with Crippen LogP contribution in [0.25, 0.3) is 0 Å². The molecule has 3 N–H and O–H groups in total. The van der Waals surface area contributed by atoms with Crippen molar-refractivity contribution in [2.75, 3.05) is 18.9 Å². The molecule has 7 heteroatoms. The Labute approximate surface area is 165 Å². The average Bonchev–Trinajstić information content (AvgIpc) is 2.71. The van der Waals surface area contributed by atoms with E-state index in [-0.39, 0.29) is 11.4 Å². The first-order valence-corrected chi connectivity index (χ1v) is 10.3. The number of hydrogen-bond acceptors (Lipinski definition) is 5. The molecule has 0 radical (unpaired) electrons. The molecule has 6 nitrogen and oxygen atoms in total. The van der Waals surface area contributed by atoms with Crippen LogP contribution in [-0.4, -0.2) is 21.6 Å². The molecule has 0 aromatic heterocycles. The molecule has 0 saturated heterocycles. The smallest absolute Gasteiger partial charge is 0.240 e. The lowest BCUT2D eigenvalue weighted by molar-refractivity contribution is 0.216. The molecule has 0 aliphatic rings. The highest BCUT2D eigenvalue weighted by Crippen LogP contribution is 2.19. The number of hydrogen-bond donors (Lipinski definition) is 2. The number of nitrogens with one attached hydrogen (secondary N) is 1. The maximum Gasteiger partial charge on any atom is 0.240 e. The minimum atomic E-state index is -3.64. The van der Waals surface area contributed by atoms with E-state index in [0.29, 0.717) is 24.7 Å². The van der Waals surface area contributed by atoms with Crippen molar-refractivity contribution in [2.45, 2.75) is 11.4 Å². The molecule has 146 valence electrons. The Kier molecular flexibility index (Phi) is 6.52. The quantitative estimate of drug-likeness (QED) is 0.427. The van der Waals surface area contributed by atoms with Crippen LogP contribution in [0.1, 0.15) is 5.56 Å². The van der Waals surface area contributed by atoms with Crippen LogP contribution in [0, 0.1) is 0 Å². The Hall–Kier alpha value is -3.03. The summed E-state index contributed by atoms with van der Waals surface area (Å²) in [6.07, 6.45) is 0. The molecule has 0 amide bonds. The first-order valence-electron chi connectivity index (χ1n) is 8.78. The molecule has 3 rings (SSSR count). The summed E-state index contributed by atoms with van der Waals surface area (Å²) in [5.74, 6) is 1.38. The summed E-state index contributed by atoms with van der Waals surface area (Å²) >= 11 is 0. The van der Waals surface area contributed by atoms with Gasteiger partial charge in [-0.1, -0.05) is 36.4 Å². The first-order chi connectivity index (χ1) is 13.5. The van der Waals surface area contributed by atoms with Crippen LogP contribution in [0.3, 0.4) is 0 Å². The molecule has 0 heterocycles. The summed E-state index contributed by atoms with van der Waals surface area (Å²) in [5, 5.41) is 0. The third-order valence-electron chi connectivity index (χ3n) is 3.97.